The number of rotatable bonds is 7. The van der Waals surface area contributed by atoms with E-state index in [1.165, 1.54) is 0 Å². The maximum atomic E-state index is 13.7. The molecule has 1 aromatic heterocycles. The normalized spacial score (nSPS) is 10.7. The summed E-state index contributed by atoms with van der Waals surface area (Å²) in [5.74, 6) is 1.25. The van der Waals surface area contributed by atoms with Gasteiger partial charge in [0, 0.05) is 24.0 Å². The van der Waals surface area contributed by atoms with Crippen LogP contribution in [-0.2, 0) is 6.54 Å². The molecule has 0 N–H and O–H groups in total. The average Bonchev–Trinajstić information content (AvgIpc) is 2.86. The van der Waals surface area contributed by atoms with E-state index in [2.05, 4.69) is 0 Å². The first-order valence-electron chi connectivity index (χ1n) is 10.6. The molecule has 0 radical (unpaired) electrons. The number of fused-ring (bicyclic) bond motifs is 1. The molecule has 1 amide bonds. The zero-order valence-electron chi connectivity index (χ0n) is 18.5. The molecule has 0 spiro atoms. The summed E-state index contributed by atoms with van der Waals surface area (Å²) in [6, 6.07) is 25.3. The molecule has 4 rings (SSSR count). The van der Waals surface area contributed by atoms with Crippen molar-refractivity contribution in [1.29, 1.82) is 0 Å². The number of pyridine rings is 1. The Morgan fingerprint density at radius 3 is 2.31 bits per heavy atom. The molecule has 32 heavy (non-hydrogen) atoms. The number of para-hydroxylation sites is 1. The lowest BCUT2D eigenvalue weighted by atomic mass is 10.0. The molecule has 0 aliphatic carbocycles. The number of ether oxygens (including phenoxy) is 2. The summed E-state index contributed by atoms with van der Waals surface area (Å²) >= 11 is 0. The fraction of sp³-hybridized carbons (Fsp3) is 0.185. The number of carbonyl (C=O) groups excluding carboxylic acids is 1. The topological polar surface area (TPSA) is 51.7 Å². The molecule has 0 unspecified atom stereocenters. The van der Waals surface area contributed by atoms with Crippen LogP contribution in [0.2, 0.25) is 0 Å². The predicted molar refractivity (Wildman–Crippen MR) is 127 cm³/mol. The summed E-state index contributed by atoms with van der Waals surface area (Å²) < 4.78 is 10.8. The Morgan fingerprint density at radius 1 is 0.875 bits per heavy atom. The second kappa shape index (κ2) is 9.52. The summed E-state index contributed by atoms with van der Waals surface area (Å²) in [4.78, 5) is 20.3. The van der Waals surface area contributed by atoms with Crippen LogP contribution in [0.4, 0.5) is 0 Å². The summed E-state index contributed by atoms with van der Waals surface area (Å²) in [6.45, 7) is 3.16. The molecule has 4 aromatic rings. The lowest BCUT2D eigenvalue weighted by Crippen LogP contribution is -2.30. The largest absolute Gasteiger partial charge is 0.493 e. The Kier molecular flexibility index (Phi) is 6.36. The molecule has 0 saturated carbocycles. The van der Waals surface area contributed by atoms with Crippen molar-refractivity contribution < 1.29 is 14.3 Å². The maximum absolute atomic E-state index is 13.7. The van der Waals surface area contributed by atoms with Gasteiger partial charge in [-0.2, -0.15) is 0 Å². The van der Waals surface area contributed by atoms with Crippen LogP contribution in [0.5, 0.6) is 11.5 Å². The van der Waals surface area contributed by atoms with Crippen LogP contribution >= 0.6 is 0 Å². The minimum atomic E-state index is -0.0170. The van der Waals surface area contributed by atoms with E-state index in [1.54, 1.807) is 14.2 Å². The number of methoxy groups -OCH3 is 2. The minimum absolute atomic E-state index is 0.0170. The third kappa shape index (κ3) is 4.28. The number of hydrogen-bond donors (Lipinski definition) is 0. The molecular weight excluding hydrogens is 400 g/mol. The molecule has 0 fully saturated rings. The molecule has 0 aliphatic rings. The predicted octanol–water partition coefficient (Wildman–Crippen LogP) is 5.58. The third-order valence-corrected chi connectivity index (χ3v) is 5.51. The summed E-state index contributed by atoms with van der Waals surface area (Å²) in [6.07, 6.45) is 0. The first kappa shape index (κ1) is 21.4. The Morgan fingerprint density at radius 2 is 1.59 bits per heavy atom. The van der Waals surface area contributed by atoms with Gasteiger partial charge in [0.05, 0.1) is 31.0 Å². The van der Waals surface area contributed by atoms with Gasteiger partial charge in [0.25, 0.3) is 5.91 Å². The zero-order valence-corrected chi connectivity index (χ0v) is 18.5. The number of nitrogens with zero attached hydrogens (tertiary/aromatic N) is 2. The molecule has 0 bridgehead atoms. The minimum Gasteiger partial charge on any atom is -0.493 e. The number of benzene rings is 3. The lowest BCUT2D eigenvalue weighted by Gasteiger charge is -2.22. The maximum Gasteiger partial charge on any atom is 0.254 e. The van der Waals surface area contributed by atoms with Crippen molar-refractivity contribution in [2.75, 3.05) is 20.8 Å². The molecule has 5 heteroatoms. The van der Waals surface area contributed by atoms with E-state index in [1.807, 2.05) is 90.7 Å². The fourth-order valence-corrected chi connectivity index (χ4v) is 3.80. The second-order valence-electron chi connectivity index (χ2n) is 7.45. The van der Waals surface area contributed by atoms with E-state index in [0.29, 0.717) is 35.8 Å². The summed E-state index contributed by atoms with van der Waals surface area (Å²) in [5, 5.41) is 0.841. The van der Waals surface area contributed by atoms with Crippen LogP contribution in [-0.4, -0.2) is 36.6 Å². The van der Waals surface area contributed by atoms with Gasteiger partial charge in [-0.05, 0) is 42.8 Å². The van der Waals surface area contributed by atoms with E-state index in [0.717, 1.165) is 22.0 Å². The molecule has 1 heterocycles. The van der Waals surface area contributed by atoms with Gasteiger partial charge in [-0.15, -0.1) is 0 Å². The highest BCUT2D eigenvalue weighted by Crippen LogP contribution is 2.33. The van der Waals surface area contributed by atoms with Crippen molar-refractivity contribution >= 4 is 16.8 Å². The van der Waals surface area contributed by atoms with Crippen LogP contribution in [0, 0.1) is 0 Å². The van der Waals surface area contributed by atoms with E-state index in [4.69, 9.17) is 14.5 Å². The summed E-state index contributed by atoms with van der Waals surface area (Å²) in [5.41, 5.74) is 4.08. The third-order valence-electron chi connectivity index (χ3n) is 5.51. The van der Waals surface area contributed by atoms with E-state index in [-0.39, 0.29) is 5.91 Å². The first-order chi connectivity index (χ1) is 15.6. The van der Waals surface area contributed by atoms with E-state index < -0.39 is 0 Å². The summed E-state index contributed by atoms with van der Waals surface area (Å²) in [7, 11) is 3.21. The van der Waals surface area contributed by atoms with Crippen LogP contribution in [0.15, 0.2) is 78.9 Å². The zero-order chi connectivity index (χ0) is 22.5. The van der Waals surface area contributed by atoms with Gasteiger partial charge in [0.2, 0.25) is 0 Å². The van der Waals surface area contributed by atoms with Crippen molar-refractivity contribution in [3.63, 3.8) is 0 Å². The molecule has 0 atom stereocenters. The van der Waals surface area contributed by atoms with Gasteiger partial charge in [-0.25, -0.2) is 4.98 Å². The van der Waals surface area contributed by atoms with Gasteiger partial charge in [-0.1, -0.05) is 48.5 Å². The van der Waals surface area contributed by atoms with Gasteiger partial charge < -0.3 is 14.4 Å². The number of carbonyl (C=O) groups is 1. The Bertz CT molecular complexity index is 1240. The Balaban J connectivity index is 1.79. The molecule has 162 valence electrons. The fourth-order valence-electron chi connectivity index (χ4n) is 3.80. The highest BCUT2D eigenvalue weighted by Gasteiger charge is 2.20. The van der Waals surface area contributed by atoms with Gasteiger partial charge in [0.15, 0.2) is 11.5 Å². The molecule has 5 nitrogen and oxygen atoms in total. The smallest absolute Gasteiger partial charge is 0.254 e. The second-order valence-corrected chi connectivity index (χ2v) is 7.45. The monoisotopic (exact) mass is 426 g/mol. The Hall–Kier alpha value is -3.86. The van der Waals surface area contributed by atoms with Gasteiger partial charge in [-0.3, -0.25) is 4.79 Å². The van der Waals surface area contributed by atoms with Crippen LogP contribution in [0.1, 0.15) is 22.8 Å². The van der Waals surface area contributed by atoms with Crippen molar-refractivity contribution in [1.82, 2.24) is 9.88 Å². The van der Waals surface area contributed by atoms with Crippen LogP contribution in [0.3, 0.4) is 0 Å². The highest BCUT2D eigenvalue weighted by atomic mass is 16.5. The molecular formula is C27H26N2O3. The molecule has 3 aromatic carbocycles. The lowest BCUT2D eigenvalue weighted by molar-refractivity contribution is 0.0754. The highest BCUT2D eigenvalue weighted by molar-refractivity contribution is 6.07. The van der Waals surface area contributed by atoms with Crippen molar-refractivity contribution in [2.45, 2.75) is 13.5 Å². The SMILES string of the molecule is CCN(Cc1ccccc1)C(=O)c1cc(-c2ccc(OC)c(OC)c2)nc2ccccc12. The number of hydrogen-bond acceptors (Lipinski definition) is 4. The molecule has 0 saturated heterocycles. The molecule has 0 aliphatic heterocycles. The Labute approximate surface area is 188 Å². The number of aromatic nitrogens is 1. The standard InChI is InChI=1S/C27H26N2O3/c1-4-29(18-19-10-6-5-7-11-19)27(30)22-17-24(28-23-13-9-8-12-21(22)23)20-14-15-25(31-2)26(16-20)32-3/h5-17H,4,18H2,1-3H3. The van der Waals surface area contributed by atoms with Crippen molar-refractivity contribution in [2.24, 2.45) is 0 Å². The average molecular weight is 427 g/mol. The van der Waals surface area contributed by atoms with E-state index in [9.17, 15) is 4.79 Å². The van der Waals surface area contributed by atoms with Crippen LogP contribution in [0.25, 0.3) is 22.2 Å². The van der Waals surface area contributed by atoms with Crippen molar-refractivity contribution in [3.05, 3.63) is 90.0 Å². The van der Waals surface area contributed by atoms with E-state index >= 15 is 0 Å². The number of amides is 1. The first-order valence-corrected chi connectivity index (χ1v) is 10.6. The van der Waals surface area contributed by atoms with Gasteiger partial charge in [0.1, 0.15) is 0 Å². The quantitative estimate of drug-likeness (QED) is 0.387. The van der Waals surface area contributed by atoms with Crippen LogP contribution < -0.4 is 9.47 Å². The van der Waals surface area contributed by atoms with Gasteiger partial charge >= 0.3 is 0 Å². The van der Waals surface area contributed by atoms with Crippen molar-refractivity contribution in [3.8, 4) is 22.8 Å².